The minimum Gasteiger partial charge on any atom is -0.481 e. The summed E-state index contributed by atoms with van der Waals surface area (Å²) in [6.07, 6.45) is 0.484. The molecule has 1 unspecified atom stereocenters. The second kappa shape index (κ2) is 6.31. The van der Waals surface area contributed by atoms with E-state index in [2.05, 4.69) is 20.5 Å². The zero-order valence-electron chi connectivity index (χ0n) is 13.5. The largest absolute Gasteiger partial charge is 0.481 e. The van der Waals surface area contributed by atoms with E-state index >= 15 is 0 Å². The molecule has 2 amide bonds. The summed E-state index contributed by atoms with van der Waals surface area (Å²) in [6, 6.07) is 5.32. The Hall–Kier alpha value is -2.90. The van der Waals surface area contributed by atoms with Crippen LogP contribution in [0, 0.1) is 19.8 Å². The number of rotatable bonds is 3. The summed E-state index contributed by atoms with van der Waals surface area (Å²) in [5.74, 6) is -0.0640. The van der Waals surface area contributed by atoms with Gasteiger partial charge in [0.05, 0.1) is 5.92 Å². The maximum Gasteiger partial charge on any atom is 0.321 e. The molecule has 0 saturated carbocycles. The molecular formula is C16H19N5O3. The monoisotopic (exact) mass is 329 g/mol. The molecule has 3 N–H and O–H groups in total. The Balaban J connectivity index is 1.75. The number of carbonyl (C=O) groups is 2. The molecule has 1 aliphatic heterocycles. The molecule has 1 aliphatic rings. The molecule has 8 heteroatoms. The molecule has 8 nitrogen and oxygen atoms in total. The van der Waals surface area contributed by atoms with Gasteiger partial charge in [0.2, 0.25) is 0 Å². The van der Waals surface area contributed by atoms with E-state index in [0.717, 1.165) is 11.1 Å². The number of nitrogens with one attached hydrogen (secondary N) is 2. The second-order valence-electron chi connectivity index (χ2n) is 5.97. The van der Waals surface area contributed by atoms with E-state index in [-0.39, 0.29) is 12.6 Å². The second-order valence-corrected chi connectivity index (χ2v) is 5.97. The number of urea groups is 1. The highest BCUT2D eigenvalue weighted by atomic mass is 16.4. The number of hydrogen-bond donors (Lipinski definition) is 3. The number of carboxylic acids is 1. The van der Waals surface area contributed by atoms with Gasteiger partial charge >= 0.3 is 12.0 Å². The fraction of sp³-hybridized carbons (Fsp3) is 0.375. The Kier molecular flexibility index (Phi) is 4.20. The predicted octanol–water partition coefficient (Wildman–Crippen LogP) is 2.03. The topological polar surface area (TPSA) is 111 Å². The molecule has 1 atom stereocenters. The van der Waals surface area contributed by atoms with Crippen molar-refractivity contribution in [2.45, 2.75) is 20.3 Å². The summed E-state index contributed by atoms with van der Waals surface area (Å²) in [5, 5.41) is 18.8. The van der Waals surface area contributed by atoms with Crippen molar-refractivity contribution >= 4 is 17.7 Å². The van der Waals surface area contributed by atoms with E-state index in [1.165, 1.54) is 4.90 Å². The van der Waals surface area contributed by atoms with E-state index in [4.69, 9.17) is 5.11 Å². The van der Waals surface area contributed by atoms with Crippen molar-refractivity contribution in [1.29, 1.82) is 0 Å². The summed E-state index contributed by atoms with van der Waals surface area (Å²) >= 11 is 0. The average Bonchev–Trinajstić information content (AvgIpc) is 3.18. The van der Waals surface area contributed by atoms with Crippen molar-refractivity contribution in [2.75, 3.05) is 18.4 Å². The van der Waals surface area contributed by atoms with Crippen LogP contribution in [0.25, 0.3) is 11.4 Å². The maximum atomic E-state index is 12.4. The highest BCUT2D eigenvalue weighted by Crippen LogP contribution is 2.24. The van der Waals surface area contributed by atoms with Crippen LogP contribution in [0.3, 0.4) is 0 Å². The van der Waals surface area contributed by atoms with Gasteiger partial charge in [-0.05, 0) is 31.9 Å². The van der Waals surface area contributed by atoms with Crippen molar-refractivity contribution in [2.24, 2.45) is 5.92 Å². The van der Waals surface area contributed by atoms with Gasteiger partial charge in [-0.15, -0.1) is 0 Å². The Morgan fingerprint density at radius 1 is 1.38 bits per heavy atom. The molecule has 0 radical (unpaired) electrons. The van der Waals surface area contributed by atoms with Crippen molar-refractivity contribution in [3.63, 3.8) is 0 Å². The van der Waals surface area contributed by atoms with Crippen LogP contribution < -0.4 is 5.32 Å². The van der Waals surface area contributed by atoms with Crippen LogP contribution in [0.4, 0.5) is 10.5 Å². The number of likely N-dealkylation sites (tertiary alicyclic amines) is 1. The highest BCUT2D eigenvalue weighted by molar-refractivity contribution is 5.91. The third kappa shape index (κ3) is 3.22. The number of carbonyl (C=O) groups excluding carboxylic acids is 1. The van der Waals surface area contributed by atoms with Gasteiger partial charge in [-0.3, -0.25) is 9.89 Å². The third-order valence-electron chi connectivity index (χ3n) is 4.16. The first-order chi connectivity index (χ1) is 11.4. The summed E-state index contributed by atoms with van der Waals surface area (Å²) in [4.78, 5) is 29.2. The molecule has 3 rings (SSSR count). The predicted molar refractivity (Wildman–Crippen MR) is 87.6 cm³/mol. The Morgan fingerprint density at radius 2 is 2.17 bits per heavy atom. The Morgan fingerprint density at radius 3 is 2.79 bits per heavy atom. The molecule has 24 heavy (non-hydrogen) atoms. The number of aliphatic carboxylic acids is 1. The molecule has 1 aromatic heterocycles. The maximum absolute atomic E-state index is 12.4. The fourth-order valence-corrected chi connectivity index (χ4v) is 2.71. The van der Waals surface area contributed by atoms with Crippen LogP contribution in [0.1, 0.15) is 17.8 Å². The average molecular weight is 329 g/mol. The smallest absolute Gasteiger partial charge is 0.321 e. The molecular weight excluding hydrogens is 310 g/mol. The number of benzene rings is 1. The first kappa shape index (κ1) is 16.0. The van der Waals surface area contributed by atoms with Gasteiger partial charge in [0.25, 0.3) is 0 Å². The number of aryl methyl sites for hydroxylation is 2. The Labute approximate surface area is 138 Å². The SMILES string of the molecule is Cc1nc(-c2ccc(C)c(NC(=O)N3CCC(C(=O)O)C3)c2)n[nH]1. The molecule has 126 valence electrons. The minimum atomic E-state index is -0.858. The first-order valence-corrected chi connectivity index (χ1v) is 7.73. The van der Waals surface area contributed by atoms with Crippen molar-refractivity contribution in [3.8, 4) is 11.4 Å². The summed E-state index contributed by atoms with van der Waals surface area (Å²) in [6.45, 7) is 4.40. The lowest BCUT2D eigenvalue weighted by molar-refractivity contribution is -0.141. The standard InChI is InChI=1S/C16H19N5O3/c1-9-3-4-11(14-17-10(2)19-20-14)7-13(9)18-16(24)21-6-5-12(8-21)15(22)23/h3-4,7,12H,5-6,8H2,1-2H3,(H,18,24)(H,22,23)(H,17,19,20). The van der Waals surface area contributed by atoms with Gasteiger partial charge in [0.1, 0.15) is 5.82 Å². The molecule has 0 aliphatic carbocycles. The lowest BCUT2D eigenvalue weighted by Gasteiger charge is -2.18. The molecule has 1 aromatic carbocycles. The van der Waals surface area contributed by atoms with E-state index in [0.29, 0.717) is 30.3 Å². The lowest BCUT2D eigenvalue weighted by Crippen LogP contribution is -2.34. The summed E-state index contributed by atoms with van der Waals surface area (Å²) < 4.78 is 0. The number of hydrogen-bond acceptors (Lipinski definition) is 4. The normalized spacial score (nSPS) is 17.1. The number of anilines is 1. The molecule has 0 spiro atoms. The van der Waals surface area contributed by atoms with Gasteiger partial charge < -0.3 is 15.3 Å². The van der Waals surface area contributed by atoms with E-state index in [9.17, 15) is 9.59 Å². The first-order valence-electron chi connectivity index (χ1n) is 7.73. The number of aromatic nitrogens is 3. The van der Waals surface area contributed by atoms with Crippen molar-refractivity contribution < 1.29 is 14.7 Å². The van der Waals surface area contributed by atoms with Crippen LogP contribution in [-0.2, 0) is 4.79 Å². The van der Waals surface area contributed by atoms with E-state index in [1.54, 1.807) is 0 Å². The zero-order valence-corrected chi connectivity index (χ0v) is 13.5. The number of carboxylic acid groups (broad SMARTS) is 1. The lowest BCUT2D eigenvalue weighted by atomic mass is 10.1. The van der Waals surface area contributed by atoms with E-state index in [1.807, 2.05) is 32.0 Å². The van der Waals surface area contributed by atoms with Gasteiger partial charge in [0.15, 0.2) is 5.82 Å². The van der Waals surface area contributed by atoms with Gasteiger partial charge in [-0.2, -0.15) is 5.10 Å². The van der Waals surface area contributed by atoms with Crippen LogP contribution in [0.5, 0.6) is 0 Å². The van der Waals surface area contributed by atoms with Crippen molar-refractivity contribution in [1.82, 2.24) is 20.1 Å². The van der Waals surface area contributed by atoms with Gasteiger partial charge in [0, 0.05) is 24.3 Å². The number of nitrogens with zero attached hydrogens (tertiary/aromatic N) is 3. The third-order valence-corrected chi connectivity index (χ3v) is 4.16. The molecule has 0 bridgehead atoms. The molecule has 1 saturated heterocycles. The summed E-state index contributed by atoms with van der Waals surface area (Å²) in [5.41, 5.74) is 2.37. The zero-order chi connectivity index (χ0) is 17.3. The minimum absolute atomic E-state index is 0.236. The fourth-order valence-electron chi connectivity index (χ4n) is 2.71. The summed E-state index contributed by atoms with van der Waals surface area (Å²) in [7, 11) is 0. The van der Waals surface area contributed by atoms with Crippen LogP contribution in [0.2, 0.25) is 0 Å². The molecule has 2 heterocycles. The molecule has 2 aromatic rings. The number of aromatic amines is 1. The molecule has 1 fully saturated rings. The number of H-pyrrole nitrogens is 1. The van der Waals surface area contributed by atoms with E-state index < -0.39 is 11.9 Å². The van der Waals surface area contributed by atoms with Gasteiger partial charge in [-0.25, -0.2) is 9.78 Å². The van der Waals surface area contributed by atoms with Crippen LogP contribution in [-0.4, -0.2) is 50.3 Å². The van der Waals surface area contributed by atoms with Crippen LogP contribution in [0.15, 0.2) is 18.2 Å². The quantitative estimate of drug-likeness (QED) is 0.798. The van der Waals surface area contributed by atoms with Gasteiger partial charge in [-0.1, -0.05) is 12.1 Å². The Bertz CT molecular complexity index is 786. The van der Waals surface area contributed by atoms with Crippen molar-refractivity contribution in [3.05, 3.63) is 29.6 Å². The highest BCUT2D eigenvalue weighted by Gasteiger charge is 2.31. The van der Waals surface area contributed by atoms with Crippen LogP contribution >= 0.6 is 0 Å². The number of amides is 2.